The molecule has 0 aliphatic carbocycles. The molecule has 3 amide bonds. The number of amides is 3. The molecule has 7 rings (SSSR count). The maximum atomic E-state index is 14.2. The van der Waals surface area contributed by atoms with Gasteiger partial charge >= 0.3 is 5.69 Å². The van der Waals surface area contributed by atoms with Crippen molar-refractivity contribution in [3.8, 4) is 0 Å². The molecule has 2 aliphatic rings. The zero-order valence-corrected chi connectivity index (χ0v) is 33.4. The van der Waals surface area contributed by atoms with E-state index in [-0.39, 0.29) is 73.5 Å². The molecule has 328 valence electrons. The summed E-state index contributed by atoms with van der Waals surface area (Å²) < 4.78 is 78.7. The van der Waals surface area contributed by atoms with Crippen molar-refractivity contribution in [3.05, 3.63) is 70.2 Å². The second-order valence-corrected chi connectivity index (χ2v) is 15.0. The van der Waals surface area contributed by atoms with E-state index in [0.29, 0.717) is 51.2 Å². The lowest BCUT2D eigenvalue weighted by molar-refractivity contribution is -0.135. The van der Waals surface area contributed by atoms with E-state index >= 15 is 0 Å². The zero-order valence-electron chi connectivity index (χ0n) is 33.4. The molecule has 22 heteroatoms. The predicted molar refractivity (Wildman–Crippen MR) is 212 cm³/mol. The van der Waals surface area contributed by atoms with Crippen LogP contribution in [0.15, 0.2) is 47.7 Å². The van der Waals surface area contributed by atoms with Gasteiger partial charge in [-0.2, -0.15) is 10.2 Å². The second-order valence-electron chi connectivity index (χ2n) is 15.0. The van der Waals surface area contributed by atoms with E-state index in [4.69, 9.17) is 19.9 Å². The lowest BCUT2D eigenvalue weighted by Gasteiger charge is -2.36. The summed E-state index contributed by atoms with van der Waals surface area (Å²) in [5.74, 6) is -4.44. The minimum Gasteiger partial charge on any atom is -0.381 e. The number of alkyl halides is 4. The number of imidazole rings is 1. The Bertz CT molecular complexity index is 2430. The summed E-state index contributed by atoms with van der Waals surface area (Å²) in [6.07, 6.45) is 2.95. The van der Waals surface area contributed by atoms with Crippen LogP contribution in [0.25, 0.3) is 16.7 Å². The summed E-state index contributed by atoms with van der Waals surface area (Å²) in [5.41, 5.74) is 7.01. The zero-order chi connectivity index (χ0) is 43.3. The van der Waals surface area contributed by atoms with E-state index in [1.165, 1.54) is 43.3 Å². The molecule has 2 saturated heterocycles. The molecule has 0 spiro atoms. The van der Waals surface area contributed by atoms with Gasteiger partial charge in [0.05, 0.1) is 55.8 Å². The molecule has 61 heavy (non-hydrogen) atoms. The summed E-state index contributed by atoms with van der Waals surface area (Å²) in [7, 11) is 1.67. The molecule has 0 saturated carbocycles. The lowest BCUT2D eigenvalue weighted by atomic mass is 10.0. The molecule has 4 aromatic heterocycles. The Morgan fingerprint density at radius 3 is 2.56 bits per heavy atom. The SMILES string of the molecule is Cn1c(=O)n(C2CCC(=O)NC2=O)c2cccc(CCCOCCCOCCOCCn3cc(NC(=O)c4cnn5ccc(N6C[C@H](N)CC(F)(F)C6)nc45)c(C(F)F)n3)c21. The van der Waals surface area contributed by atoms with Crippen LogP contribution in [-0.2, 0) is 43.8 Å². The number of benzene rings is 1. The highest BCUT2D eigenvalue weighted by Crippen LogP contribution is 2.30. The average molecular weight is 858 g/mol. The van der Waals surface area contributed by atoms with Gasteiger partial charge < -0.3 is 30.2 Å². The average Bonchev–Trinajstić information content (AvgIpc) is 3.90. The fourth-order valence-corrected chi connectivity index (χ4v) is 7.67. The Balaban J connectivity index is 0.796. The summed E-state index contributed by atoms with van der Waals surface area (Å²) >= 11 is 0. The van der Waals surface area contributed by atoms with Crippen molar-refractivity contribution in [2.45, 2.75) is 69.5 Å². The van der Waals surface area contributed by atoms with Gasteiger partial charge in [-0.3, -0.25) is 33.5 Å². The minimum atomic E-state index is -3.01. The Kier molecular flexibility index (Phi) is 13.4. The number of rotatable bonds is 19. The Morgan fingerprint density at radius 1 is 1.05 bits per heavy atom. The van der Waals surface area contributed by atoms with E-state index in [9.17, 15) is 36.7 Å². The van der Waals surface area contributed by atoms with Crippen LogP contribution in [-0.4, -0.2) is 116 Å². The van der Waals surface area contributed by atoms with Gasteiger partial charge in [-0.05, 0) is 43.4 Å². The fourth-order valence-electron chi connectivity index (χ4n) is 7.67. The number of nitrogens with two attached hydrogens (primary N) is 1. The summed E-state index contributed by atoms with van der Waals surface area (Å²) in [6.45, 7) is 1.75. The number of aryl methyl sites for hydroxylation is 2. The van der Waals surface area contributed by atoms with E-state index < -0.39 is 54.9 Å². The second kappa shape index (κ2) is 18.9. The third-order valence-corrected chi connectivity index (χ3v) is 10.5. The van der Waals surface area contributed by atoms with Crippen molar-refractivity contribution in [2.75, 3.05) is 62.9 Å². The van der Waals surface area contributed by atoms with Crippen molar-refractivity contribution < 1.29 is 46.2 Å². The first-order valence-electron chi connectivity index (χ1n) is 19.9. The number of aromatic nitrogens is 7. The minimum absolute atomic E-state index is 0.0470. The number of hydrogen-bond acceptors (Lipinski definition) is 12. The number of anilines is 2. The predicted octanol–water partition coefficient (Wildman–Crippen LogP) is 2.99. The standard InChI is InChI=1S/C39H47F4N11O7/c1-50-33-24(5-2-7-28(33)54(38(50)58)29-8-9-31(55)48-37(29)57)6-3-13-59-14-4-15-60-17-18-61-16-12-52-22-27(32(49-52)34(40)41)46-36(56)26-20-45-53-11-10-30(47-35(26)53)51-21-25(44)19-39(42,43)23-51/h2,5,7,10-11,20,22,25,29,34H,3-4,6,8-9,12-19,21,23,44H2,1H3,(H,46,56)(H,48,55,57)/t25-,29?/m1/s1. The van der Waals surface area contributed by atoms with Gasteiger partial charge in [0.1, 0.15) is 17.4 Å². The normalized spacial score (nSPS) is 18.1. The Labute approximate surface area is 345 Å². The fraction of sp³-hybridized carbons (Fsp3) is 0.513. The maximum Gasteiger partial charge on any atom is 0.329 e. The van der Waals surface area contributed by atoms with Gasteiger partial charge in [0.2, 0.25) is 11.8 Å². The van der Waals surface area contributed by atoms with Gasteiger partial charge in [-0.25, -0.2) is 31.9 Å². The highest BCUT2D eigenvalue weighted by molar-refractivity contribution is 6.08. The van der Waals surface area contributed by atoms with Gasteiger partial charge in [0.25, 0.3) is 18.3 Å². The number of imide groups is 1. The maximum absolute atomic E-state index is 14.2. The van der Waals surface area contributed by atoms with E-state index in [2.05, 4.69) is 25.8 Å². The molecule has 2 fully saturated rings. The van der Waals surface area contributed by atoms with Crippen LogP contribution in [0.5, 0.6) is 0 Å². The molecule has 2 aliphatic heterocycles. The number of fused-ring (bicyclic) bond motifs is 2. The molecule has 0 radical (unpaired) electrons. The van der Waals surface area contributed by atoms with Crippen molar-refractivity contribution in [1.82, 2.24) is 38.8 Å². The number of halogens is 4. The number of ether oxygens (including phenoxy) is 3. The number of carbonyl (C=O) groups excluding carboxylic acids is 3. The molecular weight excluding hydrogens is 810 g/mol. The first-order valence-corrected chi connectivity index (χ1v) is 19.9. The highest BCUT2D eigenvalue weighted by Gasteiger charge is 2.40. The van der Waals surface area contributed by atoms with Crippen LogP contribution in [0.3, 0.4) is 0 Å². The van der Waals surface area contributed by atoms with Gasteiger partial charge in [0.15, 0.2) is 11.3 Å². The van der Waals surface area contributed by atoms with Crippen molar-refractivity contribution >= 4 is 45.9 Å². The van der Waals surface area contributed by atoms with Crippen LogP contribution in [0.1, 0.15) is 66.2 Å². The highest BCUT2D eigenvalue weighted by atomic mass is 19.3. The molecule has 5 aromatic rings. The molecule has 18 nitrogen and oxygen atoms in total. The van der Waals surface area contributed by atoms with E-state index in [1.807, 2.05) is 18.2 Å². The number of nitrogens with one attached hydrogen (secondary N) is 2. The summed E-state index contributed by atoms with van der Waals surface area (Å²) in [4.78, 5) is 56.2. The van der Waals surface area contributed by atoms with Gasteiger partial charge in [-0.15, -0.1) is 0 Å². The molecule has 1 aromatic carbocycles. The van der Waals surface area contributed by atoms with Crippen LogP contribution in [0.2, 0.25) is 0 Å². The van der Waals surface area contributed by atoms with E-state index in [0.717, 1.165) is 11.1 Å². The Morgan fingerprint density at radius 2 is 1.80 bits per heavy atom. The molecule has 1 unspecified atom stereocenters. The van der Waals surface area contributed by atoms with Gasteiger partial charge in [0, 0.05) is 64.7 Å². The Hall–Kier alpha value is -5.71. The molecule has 6 heterocycles. The van der Waals surface area contributed by atoms with E-state index in [1.54, 1.807) is 11.6 Å². The number of hydrogen-bond donors (Lipinski definition) is 3. The molecule has 4 N–H and O–H groups in total. The van der Waals surface area contributed by atoms with Crippen molar-refractivity contribution in [1.29, 1.82) is 0 Å². The summed E-state index contributed by atoms with van der Waals surface area (Å²) in [5, 5.41) is 12.8. The largest absolute Gasteiger partial charge is 0.381 e. The molecule has 0 bridgehead atoms. The quantitative estimate of drug-likeness (QED) is 0.0623. The smallest absolute Gasteiger partial charge is 0.329 e. The number of carbonyl (C=O) groups is 3. The number of piperidine rings is 2. The van der Waals surface area contributed by atoms with Crippen LogP contribution >= 0.6 is 0 Å². The molecular formula is C39H47F4N11O7. The third-order valence-electron chi connectivity index (χ3n) is 10.5. The van der Waals surface area contributed by atoms with Gasteiger partial charge in [-0.1, -0.05) is 12.1 Å². The lowest BCUT2D eigenvalue weighted by Crippen LogP contribution is -2.52. The first-order chi connectivity index (χ1) is 29.3. The van der Waals surface area contributed by atoms with Crippen LogP contribution in [0, 0.1) is 0 Å². The monoisotopic (exact) mass is 857 g/mol. The molecule has 2 atom stereocenters. The number of para-hydroxylation sites is 1. The summed E-state index contributed by atoms with van der Waals surface area (Å²) in [6, 6.07) is 5.57. The van der Waals surface area contributed by atoms with Crippen molar-refractivity contribution in [3.63, 3.8) is 0 Å². The van der Waals surface area contributed by atoms with Crippen molar-refractivity contribution in [2.24, 2.45) is 12.8 Å². The van der Waals surface area contributed by atoms with Crippen LogP contribution in [0.4, 0.5) is 29.1 Å². The number of nitrogens with zero attached hydrogens (tertiary/aromatic N) is 8. The first kappa shape index (κ1) is 43.4. The third kappa shape index (κ3) is 10.1. The van der Waals surface area contributed by atoms with Crippen LogP contribution < -0.4 is 27.0 Å². The topological polar surface area (TPSA) is 207 Å².